The summed E-state index contributed by atoms with van der Waals surface area (Å²) in [5.41, 5.74) is 2.65. The zero-order valence-corrected chi connectivity index (χ0v) is 10.8. The highest BCUT2D eigenvalue weighted by molar-refractivity contribution is 5.05. The van der Waals surface area contributed by atoms with Crippen molar-refractivity contribution in [1.82, 2.24) is 0 Å². The smallest absolute Gasteiger partial charge is 0.158 e. The van der Waals surface area contributed by atoms with E-state index in [4.69, 9.17) is 9.47 Å². The van der Waals surface area contributed by atoms with Crippen molar-refractivity contribution in [2.75, 3.05) is 13.2 Å². The third-order valence-electron chi connectivity index (χ3n) is 2.63. The Hall–Kier alpha value is -0.600. The monoisotopic (exact) mass is 224 g/mol. The van der Waals surface area contributed by atoms with Gasteiger partial charge in [-0.2, -0.15) is 0 Å². The molecule has 0 amide bonds. The molecule has 0 aromatic heterocycles. The lowest BCUT2D eigenvalue weighted by Crippen LogP contribution is -2.22. The highest BCUT2D eigenvalue weighted by atomic mass is 16.7. The molecule has 0 N–H and O–H groups in total. The summed E-state index contributed by atoms with van der Waals surface area (Å²) in [4.78, 5) is 0. The SMILES string of the molecule is CC(C)=CC/C=C(/C)COC1CCCCO1. The average Bonchev–Trinajstić information content (AvgIpc) is 2.27. The molecular formula is C14H24O2. The fraction of sp³-hybridized carbons (Fsp3) is 0.714. The van der Waals surface area contributed by atoms with E-state index < -0.39 is 0 Å². The molecule has 0 spiro atoms. The average molecular weight is 224 g/mol. The fourth-order valence-corrected chi connectivity index (χ4v) is 1.62. The summed E-state index contributed by atoms with van der Waals surface area (Å²) in [6.07, 6.45) is 8.92. The first kappa shape index (κ1) is 13.5. The van der Waals surface area contributed by atoms with Crippen molar-refractivity contribution in [2.45, 2.75) is 52.7 Å². The lowest BCUT2D eigenvalue weighted by Gasteiger charge is -2.22. The molecule has 0 bridgehead atoms. The van der Waals surface area contributed by atoms with Crippen molar-refractivity contribution in [3.8, 4) is 0 Å². The molecule has 1 saturated heterocycles. The topological polar surface area (TPSA) is 18.5 Å². The lowest BCUT2D eigenvalue weighted by atomic mass is 10.2. The Morgan fingerprint density at radius 2 is 2.06 bits per heavy atom. The van der Waals surface area contributed by atoms with E-state index in [2.05, 4.69) is 32.9 Å². The number of hydrogen-bond donors (Lipinski definition) is 0. The van der Waals surface area contributed by atoms with Crippen LogP contribution in [0.1, 0.15) is 46.5 Å². The summed E-state index contributed by atoms with van der Waals surface area (Å²) >= 11 is 0. The molecular weight excluding hydrogens is 200 g/mol. The minimum Gasteiger partial charge on any atom is -0.353 e. The lowest BCUT2D eigenvalue weighted by molar-refractivity contribution is -0.156. The van der Waals surface area contributed by atoms with Gasteiger partial charge in [0.1, 0.15) is 0 Å². The normalized spacial score (nSPS) is 21.9. The van der Waals surface area contributed by atoms with E-state index >= 15 is 0 Å². The predicted molar refractivity (Wildman–Crippen MR) is 67.3 cm³/mol. The molecule has 0 aromatic carbocycles. The predicted octanol–water partition coefficient (Wildman–Crippen LogP) is 3.83. The third-order valence-corrected chi connectivity index (χ3v) is 2.63. The zero-order chi connectivity index (χ0) is 11.8. The number of hydrogen-bond acceptors (Lipinski definition) is 2. The Kier molecular flexibility index (Phi) is 6.43. The van der Waals surface area contributed by atoms with Gasteiger partial charge in [0.25, 0.3) is 0 Å². The standard InChI is InChI=1S/C14H24O2/c1-12(2)7-6-8-13(3)11-16-14-9-4-5-10-15-14/h7-8,14H,4-6,9-11H2,1-3H3/b13-8-. The molecule has 92 valence electrons. The Morgan fingerprint density at radius 1 is 1.25 bits per heavy atom. The highest BCUT2D eigenvalue weighted by Gasteiger charge is 2.13. The first-order valence-electron chi connectivity index (χ1n) is 6.20. The van der Waals surface area contributed by atoms with E-state index in [0.717, 1.165) is 19.4 Å². The zero-order valence-electron chi connectivity index (χ0n) is 10.8. The van der Waals surface area contributed by atoms with Gasteiger partial charge in [0.05, 0.1) is 6.61 Å². The van der Waals surface area contributed by atoms with E-state index in [1.54, 1.807) is 0 Å². The molecule has 1 atom stereocenters. The van der Waals surface area contributed by atoms with Crippen molar-refractivity contribution in [1.29, 1.82) is 0 Å². The summed E-state index contributed by atoms with van der Waals surface area (Å²) in [6.45, 7) is 7.90. The summed E-state index contributed by atoms with van der Waals surface area (Å²) in [5, 5.41) is 0. The molecule has 16 heavy (non-hydrogen) atoms. The van der Waals surface area contributed by atoms with Gasteiger partial charge in [0.15, 0.2) is 6.29 Å². The van der Waals surface area contributed by atoms with Crippen molar-refractivity contribution in [3.05, 3.63) is 23.3 Å². The van der Waals surface area contributed by atoms with E-state index in [1.165, 1.54) is 24.0 Å². The Labute approximate surface area is 99.3 Å². The first-order chi connectivity index (χ1) is 7.68. The minimum atomic E-state index is 0.0283. The minimum absolute atomic E-state index is 0.0283. The van der Waals surface area contributed by atoms with Crippen LogP contribution in [-0.2, 0) is 9.47 Å². The maximum Gasteiger partial charge on any atom is 0.158 e. The van der Waals surface area contributed by atoms with Crippen LogP contribution < -0.4 is 0 Å². The van der Waals surface area contributed by atoms with Crippen molar-refractivity contribution >= 4 is 0 Å². The summed E-state index contributed by atoms with van der Waals surface area (Å²) < 4.78 is 11.2. The van der Waals surface area contributed by atoms with Gasteiger partial charge in [-0.3, -0.25) is 0 Å². The van der Waals surface area contributed by atoms with E-state index in [0.29, 0.717) is 6.61 Å². The van der Waals surface area contributed by atoms with Gasteiger partial charge in [0, 0.05) is 6.61 Å². The molecule has 0 radical (unpaired) electrons. The second-order valence-corrected chi connectivity index (χ2v) is 4.67. The number of rotatable bonds is 5. The molecule has 1 heterocycles. The van der Waals surface area contributed by atoms with Crippen LogP contribution in [0.5, 0.6) is 0 Å². The molecule has 0 aromatic rings. The van der Waals surface area contributed by atoms with Crippen molar-refractivity contribution < 1.29 is 9.47 Å². The molecule has 1 aliphatic rings. The summed E-state index contributed by atoms with van der Waals surface area (Å²) in [5.74, 6) is 0. The molecule has 0 aliphatic carbocycles. The second-order valence-electron chi connectivity index (χ2n) is 4.67. The van der Waals surface area contributed by atoms with Gasteiger partial charge < -0.3 is 9.47 Å². The maximum absolute atomic E-state index is 5.69. The van der Waals surface area contributed by atoms with Gasteiger partial charge in [0.2, 0.25) is 0 Å². The van der Waals surface area contributed by atoms with Crippen LogP contribution in [0.2, 0.25) is 0 Å². The Morgan fingerprint density at radius 3 is 2.69 bits per heavy atom. The van der Waals surface area contributed by atoms with Crippen LogP contribution in [0.3, 0.4) is 0 Å². The number of allylic oxidation sites excluding steroid dienone is 3. The summed E-state index contributed by atoms with van der Waals surface area (Å²) in [7, 11) is 0. The fourth-order valence-electron chi connectivity index (χ4n) is 1.62. The van der Waals surface area contributed by atoms with E-state index in [1.807, 2.05) is 0 Å². The Bertz CT molecular complexity index is 243. The quantitative estimate of drug-likeness (QED) is 0.661. The van der Waals surface area contributed by atoms with Crippen LogP contribution in [0.4, 0.5) is 0 Å². The molecule has 1 fully saturated rings. The van der Waals surface area contributed by atoms with Crippen LogP contribution >= 0.6 is 0 Å². The van der Waals surface area contributed by atoms with Gasteiger partial charge in [-0.25, -0.2) is 0 Å². The summed E-state index contributed by atoms with van der Waals surface area (Å²) in [6, 6.07) is 0. The maximum atomic E-state index is 5.69. The Balaban J connectivity index is 2.17. The van der Waals surface area contributed by atoms with Crippen LogP contribution in [0.15, 0.2) is 23.3 Å². The largest absolute Gasteiger partial charge is 0.353 e. The first-order valence-corrected chi connectivity index (χ1v) is 6.20. The third kappa shape index (κ3) is 6.09. The number of ether oxygens (including phenoxy) is 2. The van der Waals surface area contributed by atoms with Crippen LogP contribution in [-0.4, -0.2) is 19.5 Å². The second kappa shape index (κ2) is 7.64. The van der Waals surface area contributed by atoms with E-state index in [-0.39, 0.29) is 6.29 Å². The van der Waals surface area contributed by atoms with Crippen LogP contribution in [0.25, 0.3) is 0 Å². The van der Waals surface area contributed by atoms with Crippen molar-refractivity contribution in [3.63, 3.8) is 0 Å². The molecule has 1 rings (SSSR count). The highest BCUT2D eigenvalue weighted by Crippen LogP contribution is 2.14. The van der Waals surface area contributed by atoms with Crippen molar-refractivity contribution in [2.24, 2.45) is 0 Å². The van der Waals surface area contributed by atoms with Gasteiger partial charge >= 0.3 is 0 Å². The van der Waals surface area contributed by atoms with Crippen LogP contribution in [0, 0.1) is 0 Å². The molecule has 1 aliphatic heterocycles. The van der Waals surface area contributed by atoms with Gasteiger partial charge in [-0.05, 0) is 46.5 Å². The van der Waals surface area contributed by atoms with Gasteiger partial charge in [-0.15, -0.1) is 0 Å². The molecule has 2 heteroatoms. The molecule has 2 nitrogen and oxygen atoms in total. The van der Waals surface area contributed by atoms with Gasteiger partial charge in [-0.1, -0.05) is 23.3 Å². The molecule has 0 saturated carbocycles. The molecule has 1 unspecified atom stereocenters. The van der Waals surface area contributed by atoms with E-state index in [9.17, 15) is 0 Å².